The van der Waals surface area contributed by atoms with Crippen LogP contribution in [0.2, 0.25) is 0 Å². The van der Waals surface area contributed by atoms with Gasteiger partial charge in [-0.2, -0.15) is 0 Å². The van der Waals surface area contributed by atoms with Crippen LogP contribution in [-0.2, 0) is 0 Å². The minimum absolute atomic E-state index is 0.569. The fraction of sp³-hybridized carbons (Fsp3) is 0.0526. The minimum Gasteiger partial charge on any atom is -0.327 e. The van der Waals surface area contributed by atoms with Crippen LogP contribution in [0.25, 0.3) is 21.7 Å². The largest absolute Gasteiger partial charge is 0.327 e. The second-order valence-corrected chi connectivity index (χ2v) is 6.53. The smallest absolute Gasteiger partial charge is 0.0749 e. The van der Waals surface area contributed by atoms with Gasteiger partial charge in [0.2, 0.25) is 0 Å². The fourth-order valence-corrected chi connectivity index (χ4v) is 4.31. The average Bonchev–Trinajstić information content (AvgIpc) is 2.98. The lowest BCUT2D eigenvalue weighted by Gasteiger charge is -2.09. The van der Waals surface area contributed by atoms with E-state index in [1.807, 2.05) is 18.2 Å². The third-order valence-corrected chi connectivity index (χ3v) is 5.39. The quantitative estimate of drug-likeness (QED) is 0.554. The zero-order chi connectivity index (χ0) is 14.5. The summed E-state index contributed by atoms with van der Waals surface area (Å²) in [7, 11) is -0.779. The molecule has 21 heavy (non-hydrogen) atoms. The molecule has 0 aliphatic carbocycles. The first-order valence-electron chi connectivity index (χ1n) is 6.97. The van der Waals surface area contributed by atoms with Crippen molar-refractivity contribution in [3.8, 4) is 21.7 Å². The average molecular weight is 292 g/mol. The Bertz CT molecular complexity index is 657. The first kappa shape index (κ1) is 13.9. The van der Waals surface area contributed by atoms with Crippen LogP contribution in [0.4, 0.5) is 0 Å². The lowest BCUT2D eigenvalue weighted by atomic mass is 10.2. The lowest BCUT2D eigenvalue weighted by molar-refractivity contribution is 0.492. The minimum atomic E-state index is -0.779. The summed E-state index contributed by atoms with van der Waals surface area (Å²) in [4.78, 5) is 0. The van der Waals surface area contributed by atoms with E-state index in [9.17, 15) is 0 Å². The zero-order valence-electron chi connectivity index (χ0n) is 11.8. The van der Waals surface area contributed by atoms with Crippen molar-refractivity contribution in [1.82, 2.24) is 0 Å². The van der Waals surface area contributed by atoms with Gasteiger partial charge in [0.15, 0.2) is 0 Å². The van der Waals surface area contributed by atoms with Gasteiger partial charge in [-0.05, 0) is 23.3 Å². The number of hydrogen-bond acceptors (Lipinski definition) is 1. The summed E-state index contributed by atoms with van der Waals surface area (Å²) in [6, 6.07) is 25.3. The van der Waals surface area contributed by atoms with Gasteiger partial charge in [-0.1, -0.05) is 66.7 Å². The highest BCUT2D eigenvalue weighted by molar-refractivity contribution is 7.51. The van der Waals surface area contributed by atoms with Crippen molar-refractivity contribution in [1.29, 1.82) is 0 Å². The van der Waals surface area contributed by atoms with E-state index >= 15 is 0 Å². The first-order chi connectivity index (χ1) is 10.4. The molecule has 1 heterocycles. The Morgan fingerprint density at radius 3 is 1.67 bits per heavy atom. The van der Waals surface area contributed by atoms with Crippen LogP contribution in [-0.4, -0.2) is 6.61 Å². The Kier molecular flexibility index (Phi) is 4.35. The van der Waals surface area contributed by atoms with Crippen molar-refractivity contribution in [2.45, 2.75) is 0 Å². The molecule has 0 fully saturated rings. The van der Waals surface area contributed by atoms with E-state index in [0.717, 1.165) is 0 Å². The van der Waals surface area contributed by atoms with E-state index in [-0.39, 0.29) is 0 Å². The molecule has 3 rings (SSSR count). The highest BCUT2D eigenvalue weighted by Gasteiger charge is 2.13. The normalized spacial score (nSPS) is 10.5. The molecule has 0 saturated heterocycles. The van der Waals surface area contributed by atoms with Gasteiger partial charge in [0, 0.05) is 18.4 Å². The summed E-state index contributed by atoms with van der Waals surface area (Å²) in [5.74, 6) is 0. The third kappa shape index (κ3) is 3.00. The van der Waals surface area contributed by atoms with Crippen LogP contribution in [0.5, 0.6) is 0 Å². The van der Waals surface area contributed by atoms with Crippen LogP contribution >= 0.6 is 7.76 Å². The fourth-order valence-electron chi connectivity index (χ4n) is 2.33. The summed E-state index contributed by atoms with van der Waals surface area (Å²) >= 11 is 0. The molecular formula is C19H17OP. The van der Waals surface area contributed by atoms with Crippen molar-refractivity contribution >= 4 is 7.76 Å². The molecule has 1 aromatic heterocycles. The lowest BCUT2D eigenvalue weighted by Crippen LogP contribution is -1.90. The van der Waals surface area contributed by atoms with Crippen LogP contribution < -0.4 is 4.52 Å². The maximum Gasteiger partial charge on any atom is 0.0749 e. The Morgan fingerprint density at radius 1 is 0.762 bits per heavy atom. The van der Waals surface area contributed by atoms with Crippen molar-refractivity contribution in [3.05, 3.63) is 85.5 Å². The second-order valence-electron chi connectivity index (χ2n) is 4.71. The van der Waals surface area contributed by atoms with Crippen molar-refractivity contribution in [3.63, 3.8) is 0 Å². The summed E-state index contributed by atoms with van der Waals surface area (Å²) in [6.45, 7) is 4.33. The molecule has 0 saturated carbocycles. The predicted octanol–water partition coefficient (Wildman–Crippen LogP) is 5.62. The first-order valence-corrected chi connectivity index (χ1v) is 8.23. The maximum atomic E-state index is 6.10. The standard InChI is InChI=1S/C19H17OP/c1-2-15-20-21-18(16-9-5-3-6-10-16)13-14-19(21)17-11-7-4-8-12-17/h2-14H,1,15H2. The molecule has 2 aromatic carbocycles. The van der Waals surface area contributed by atoms with Gasteiger partial charge in [0.1, 0.15) is 0 Å². The van der Waals surface area contributed by atoms with Crippen LogP contribution in [0.3, 0.4) is 0 Å². The molecule has 1 nitrogen and oxygen atoms in total. The Morgan fingerprint density at radius 2 is 1.24 bits per heavy atom. The van der Waals surface area contributed by atoms with E-state index < -0.39 is 7.76 Å². The molecular weight excluding hydrogens is 275 g/mol. The van der Waals surface area contributed by atoms with E-state index in [1.54, 1.807) is 0 Å². The summed E-state index contributed by atoms with van der Waals surface area (Å²) < 4.78 is 6.10. The second kappa shape index (κ2) is 6.58. The Labute approximate surface area is 126 Å². The van der Waals surface area contributed by atoms with Gasteiger partial charge >= 0.3 is 0 Å². The molecule has 0 aliphatic heterocycles. The summed E-state index contributed by atoms with van der Waals surface area (Å²) in [5.41, 5.74) is 2.46. The Balaban J connectivity index is 2.09. The van der Waals surface area contributed by atoms with Crippen molar-refractivity contribution < 1.29 is 4.52 Å². The molecule has 104 valence electrons. The van der Waals surface area contributed by atoms with Crippen molar-refractivity contribution in [2.24, 2.45) is 0 Å². The van der Waals surface area contributed by atoms with Crippen LogP contribution in [0, 0.1) is 0 Å². The molecule has 2 heteroatoms. The van der Waals surface area contributed by atoms with Gasteiger partial charge in [0.25, 0.3) is 0 Å². The van der Waals surface area contributed by atoms with E-state index in [0.29, 0.717) is 6.61 Å². The van der Waals surface area contributed by atoms with Crippen molar-refractivity contribution in [2.75, 3.05) is 6.61 Å². The van der Waals surface area contributed by atoms with Crippen LogP contribution in [0.1, 0.15) is 0 Å². The molecule has 0 aliphatic rings. The zero-order valence-corrected chi connectivity index (χ0v) is 12.7. The van der Waals surface area contributed by atoms with Gasteiger partial charge < -0.3 is 4.52 Å². The van der Waals surface area contributed by atoms with E-state index in [1.165, 1.54) is 21.7 Å². The summed E-state index contributed by atoms with van der Waals surface area (Å²) in [6.07, 6.45) is 1.81. The Hall–Kier alpha value is -2.08. The highest BCUT2D eigenvalue weighted by Crippen LogP contribution is 2.49. The van der Waals surface area contributed by atoms with Gasteiger partial charge in [-0.15, -0.1) is 6.58 Å². The molecule has 0 N–H and O–H groups in total. The van der Waals surface area contributed by atoms with Gasteiger partial charge in [-0.25, -0.2) is 0 Å². The molecule has 0 amide bonds. The SMILES string of the molecule is C=CCOp1c(-c2ccccc2)ccc1-c1ccccc1. The topological polar surface area (TPSA) is 9.23 Å². The van der Waals surface area contributed by atoms with Gasteiger partial charge in [-0.3, -0.25) is 0 Å². The molecule has 0 atom stereocenters. The van der Waals surface area contributed by atoms with Gasteiger partial charge in [0.05, 0.1) is 6.61 Å². The maximum absolute atomic E-state index is 6.10. The number of benzene rings is 2. The molecule has 3 aromatic rings. The number of hydrogen-bond donors (Lipinski definition) is 0. The molecule has 0 spiro atoms. The highest BCUT2D eigenvalue weighted by atomic mass is 31.1. The molecule has 0 unspecified atom stereocenters. The number of rotatable bonds is 5. The predicted molar refractivity (Wildman–Crippen MR) is 91.7 cm³/mol. The summed E-state index contributed by atoms with van der Waals surface area (Å²) in [5, 5.41) is 2.54. The third-order valence-electron chi connectivity index (χ3n) is 3.30. The van der Waals surface area contributed by atoms with E-state index in [2.05, 4.69) is 67.2 Å². The molecule has 0 radical (unpaired) electrons. The monoisotopic (exact) mass is 292 g/mol. The van der Waals surface area contributed by atoms with E-state index in [4.69, 9.17) is 4.52 Å². The molecule has 0 bridgehead atoms. The van der Waals surface area contributed by atoms with Crippen LogP contribution in [0.15, 0.2) is 85.5 Å².